The SMILES string of the molecule is CCN(C(=O)CN1CCC(C(C)O)C1)c1cccc2ccccc12. The number of anilines is 1. The minimum Gasteiger partial charge on any atom is -0.393 e. The van der Waals surface area contributed by atoms with E-state index in [0.29, 0.717) is 13.1 Å². The van der Waals surface area contributed by atoms with Gasteiger partial charge < -0.3 is 10.0 Å². The highest BCUT2D eigenvalue weighted by atomic mass is 16.3. The monoisotopic (exact) mass is 326 g/mol. The first-order valence-corrected chi connectivity index (χ1v) is 8.78. The van der Waals surface area contributed by atoms with E-state index in [1.807, 2.05) is 43.0 Å². The maximum atomic E-state index is 12.9. The number of hydrogen-bond donors (Lipinski definition) is 1. The van der Waals surface area contributed by atoms with Gasteiger partial charge in [0.1, 0.15) is 0 Å². The van der Waals surface area contributed by atoms with Crippen molar-refractivity contribution in [3.63, 3.8) is 0 Å². The van der Waals surface area contributed by atoms with Gasteiger partial charge in [-0.05, 0) is 44.2 Å². The van der Waals surface area contributed by atoms with Gasteiger partial charge in [0.05, 0.1) is 18.3 Å². The molecule has 2 atom stereocenters. The van der Waals surface area contributed by atoms with Crippen molar-refractivity contribution in [1.82, 2.24) is 4.90 Å². The van der Waals surface area contributed by atoms with E-state index in [1.165, 1.54) is 0 Å². The minimum absolute atomic E-state index is 0.125. The van der Waals surface area contributed by atoms with Crippen molar-refractivity contribution in [3.05, 3.63) is 42.5 Å². The highest BCUT2D eigenvalue weighted by molar-refractivity contribution is 6.04. The molecule has 0 aliphatic carbocycles. The number of likely N-dealkylation sites (tertiary alicyclic amines) is 1. The van der Waals surface area contributed by atoms with Gasteiger partial charge in [0.15, 0.2) is 0 Å². The summed E-state index contributed by atoms with van der Waals surface area (Å²) in [5.41, 5.74) is 0.979. The van der Waals surface area contributed by atoms with Crippen LogP contribution in [0.5, 0.6) is 0 Å². The molecule has 1 aliphatic heterocycles. The summed E-state index contributed by atoms with van der Waals surface area (Å²) in [6, 6.07) is 14.3. The fourth-order valence-electron chi connectivity index (χ4n) is 3.60. The van der Waals surface area contributed by atoms with Gasteiger partial charge in [0.2, 0.25) is 5.91 Å². The summed E-state index contributed by atoms with van der Waals surface area (Å²) in [6.07, 6.45) is 0.663. The van der Waals surface area contributed by atoms with E-state index < -0.39 is 0 Å². The van der Waals surface area contributed by atoms with E-state index in [9.17, 15) is 9.90 Å². The number of rotatable bonds is 5. The van der Waals surface area contributed by atoms with Crippen LogP contribution in [0.1, 0.15) is 20.3 Å². The number of carbonyl (C=O) groups excluding carboxylic acids is 1. The summed E-state index contributed by atoms with van der Waals surface area (Å²) in [4.78, 5) is 16.9. The van der Waals surface area contributed by atoms with Gasteiger partial charge in [-0.2, -0.15) is 0 Å². The van der Waals surface area contributed by atoms with Gasteiger partial charge in [0.25, 0.3) is 0 Å². The molecule has 1 fully saturated rings. The zero-order valence-electron chi connectivity index (χ0n) is 14.5. The highest BCUT2D eigenvalue weighted by Crippen LogP contribution is 2.27. The number of nitrogens with zero attached hydrogens (tertiary/aromatic N) is 2. The third-order valence-corrected chi connectivity index (χ3v) is 5.02. The molecule has 2 unspecified atom stereocenters. The van der Waals surface area contributed by atoms with Crippen LogP contribution in [0.4, 0.5) is 5.69 Å². The summed E-state index contributed by atoms with van der Waals surface area (Å²) < 4.78 is 0. The molecule has 1 amide bonds. The average molecular weight is 326 g/mol. The quantitative estimate of drug-likeness (QED) is 0.919. The Morgan fingerprint density at radius 1 is 1.29 bits per heavy atom. The van der Waals surface area contributed by atoms with Crippen molar-refractivity contribution in [2.75, 3.05) is 31.1 Å². The number of hydrogen-bond acceptors (Lipinski definition) is 3. The van der Waals surface area contributed by atoms with E-state index in [4.69, 9.17) is 0 Å². The number of benzene rings is 2. The molecule has 128 valence electrons. The maximum Gasteiger partial charge on any atom is 0.241 e. The first-order chi connectivity index (χ1) is 11.6. The standard InChI is InChI=1S/C20H26N2O2/c1-3-22(19-10-6-8-16-7-4-5-9-18(16)19)20(24)14-21-12-11-17(13-21)15(2)23/h4-10,15,17,23H,3,11-14H2,1-2H3. The molecule has 4 nitrogen and oxygen atoms in total. The molecule has 24 heavy (non-hydrogen) atoms. The zero-order chi connectivity index (χ0) is 17.1. The number of amides is 1. The number of aliphatic hydroxyl groups excluding tert-OH is 1. The third-order valence-electron chi connectivity index (χ3n) is 5.02. The van der Waals surface area contributed by atoms with Crippen molar-refractivity contribution >= 4 is 22.4 Å². The summed E-state index contributed by atoms with van der Waals surface area (Å²) >= 11 is 0. The lowest BCUT2D eigenvalue weighted by atomic mass is 10.0. The van der Waals surface area contributed by atoms with Crippen LogP contribution < -0.4 is 4.90 Å². The Hall–Kier alpha value is -1.91. The van der Waals surface area contributed by atoms with E-state index in [-0.39, 0.29) is 17.9 Å². The molecule has 1 saturated heterocycles. The van der Waals surface area contributed by atoms with Gasteiger partial charge in [0, 0.05) is 18.5 Å². The van der Waals surface area contributed by atoms with E-state index >= 15 is 0 Å². The van der Waals surface area contributed by atoms with Crippen LogP contribution in [0.2, 0.25) is 0 Å². The summed E-state index contributed by atoms with van der Waals surface area (Å²) in [7, 11) is 0. The fraction of sp³-hybridized carbons (Fsp3) is 0.450. The first kappa shape index (κ1) is 16.9. The molecule has 1 heterocycles. The first-order valence-electron chi connectivity index (χ1n) is 8.78. The second kappa shape index (κ2) is 7.32. The van der Waals surface area contributed by atoms with Gasteiger partial charge >= 0.3 is 0 Å². The van der Waals surface area contributed by atoms with Crippen molar-refractivity contribution in [2.24, 2.45) is 5.92 Å². The zero-order valence-corrected chi connectivity index (χ0v) is 14.5. The van der Waals surface area contributed by atoms with E-state index in [2.05, 4.69) is 23.1 Å². The van der Waals surface area contributed by atoms with Crippen LogP contribution in [-0.4, -0.2) is 48.2 Å². The molecule has 1 N–H and O–H groups in total. The predicted octanol–water partition coefficient (Wildman–Crippen LogP) is 2.90. The van der Waals surface area contributed by atoms with Crippen molar-refractivity contribution in [2.45, 2.75) is 26.4 Å². The van der Waals surface area contributed by atoms with Crippen molar-refractivity contribution in [3.8, 4) is 0 Å². The lowest BCUT2D eigenvalue weighted by Crippen LogP contribution is -2.40. The van der Waals surface area contributed by atoms with Crippen LogP contribution >= 0.6 is 0 Å². The topological polar surface area (TPSA) is 43.8 Å². The van der Waals surface area contributed by atoms with Gasteiger partial charge in [-0.25, -0.2) is 0 Å². The Labute approximate surface area is 143 Å². The molecule has 2 aromatic carbocycles. The highest BCUT2D eigenvalue weighted by Gasteiger charge is 2.28. The van der Waals surface area contributed by atoms with Crippen LogP contribution in [0, 0.1) is 5.92 Å². The normalized spacial score (nSPS) is 19.5. The molecule has 2 aromatic rings. The summed E-state index contributed by atoms with van der Waals surface area (Å²) in [5.74, 6) is 0.408. The minimum atomic E-state index is -0.301. The molecule has 4 heteroatoms. The summed E-state index contributed by atoms with van der Waals surface area (Å²) in [6.45, 7) is 6.61. The second-order valence-electron chi connectivity index (χ2n) is 6.66. The molecule has 0 saturated carbocycles. The molecule has 0 bridgehead atoms. The average Bonchev–Trinajstić information content (AvgIpc) is 3.04. The van der Waals surface area contributed by atoms with Gasteiger partial charge in [-0.3, -0.25) is 9.69 Å². The summed E-state index contributed by atoms with van der Waals surface area (Å²) in [5, 5.41) is 12.0. The predicted molar refractivity (Wildman–Crippen MR) is 98.2 cm³/mol. The smallest absolute Gasteiger partial charge is 0.241 e. The Balaban J connectivity index is 1.77. The maximum absolute atomic E-state index is 12.9. The molecule has 1 aliphatic rings. The number of aliphatic hydroxyl groups is 1. The number of fused-ring (bicyclic) bond motifs is 1. The Morgan fingerprint density at radius 3 is 2.75 bits per heavy atom. The van der Waals surface area contributed by atoms with Gasteiger partial charge in [-0.1, -0.05) is 36.4 Å². The number of likely N-dealkylation sites (N-methyl/N-ethyl adjacent to an activating group) is 1. The molecule has 3 rings (SSSR count). The Bertz CT molecular complexity index is 708. The fourth-order valence-corrected chi connectivity index (χ4v) is 3.60. The van der Waals surface area contributed by atoms with Gasteiger partial charge in [-0.15, -0.1) is 0 Å². The molecule has 0 spiro atoms. The largest absolute Gasteiger partial charge is 0.393 e. The van der Waals surface area contributed by atoms with Crippen LogP contribution in [0.15, 0.2) is 42.5 Å². The second-order valence-corrected chi connectivity index (χ2v) is 6.66. The van der Waals surface area contributed by atoms with Crippen molar-refractivity contribution in [1.29, 1.82) is 0 Å². The molecule has 0 aromatic heterocycles. The lowest BCUT2D eigenvalue weighted by Gasteiger charge is -2.25. The lowest BCUT2D eigenvalue weighted by molar-refractivity contribution is -0.119. The third kappa shape index (κ3) is 3.45. The Kier molecular flexibility index (Phi) is 5.17. The van der Waals surface area contributed by atoms with Crippen LogP contribution in [0.25, 0.3) is 10.8 Å². The molecular weight excluding hydrogens is 300 g/mol. The van der Waals surface area contributed by atoms with E-state index in [1.54, 1.807) is 0 Å². The Morgan fingerprint density at radius 2 is 2.04 bits per heavy atom. The molecular formula is C20H26N2O2. The van der Waals surface area contributed by atoms with Crippen LogP contribution in [0.3, 0.4) is 0 Å². The number of carbonyl (C=O) groups is 1. The van der Waals surface area contributed by atoms with Crippen molar-refractivity contribution < 1.29 is 9.90 Å². The van der Waals surface area contributed by atoms with E-state index in [0.717, 1.165) is 36.0 Å². The molecule has 0 radical (unpaired) electrons. The van der Waals surface area contributed by atoms with Crippen LogP contribution in [-0.2, 0) is 4.79 Å².